The molecule has 0 radical (unpaired) electrons. The third-order valence-electron chi connectivity index (χ3n) is 7.07. The number of fused-ring (bicyclic) bond motifs is 1. The number of ether oxygens (including phenoxy) is 1. The van der Waals surface area contributed by atoms with Crippen LogP contribution in [-0.4, -0.2) is 59.7 Å². The second-order valence-electron chi connectivity index (χ2n) is 9.57. The van der Waals surface area contributed by atoms with Crippen molar-refractivity contribution in [2.75, 3.05) is 49.6 Å². The van der Waals surface area contributed by atoms with Crippen LogP contribution in [0, 0.1) is 18.8 Å². The Morgan fingerprint density at radius 2 is 2.00 bits per heavy atom. The van der Waals surface area contributed by atoms with Crippen LogP contribution in [0.3, 0.4) is 0 Å². The molecule has 1 aromatic carbocycles. The van der Waals surface area contributed by atoms with Gasteiger partial charge in [0.1, 0.15) is 0 Å². The topological polar surface area (TPSA) is 62.1 Å². The van der Waals surface area contributed by atoms with Gasteiger partial charge in [-0.15, -0.1) is 0 Å². The number of anilines is 2. The van der Waals surface area contributed by atoms with Crippen LogP contribution in [0.5, 0.6) is 0 Å². The van der Waals surface area contributed by atoms with E-state index >= 15 is 0 Å². The fourth-order valence-corrected chi connectivity index (χ4v) is 4.93. The Morgan fingerprint density at radius 3 is 2.76 bits per heavy atom. The van der Waals surface area contributed by atoms with Crippen LogP contribution < -0.4 is 10.2 Å². The molecule has 2 aliphatic heterocycles. The molecule has 33 heavy (non-hydrogen) atoms. The standard InChI is InChI=1S/C26H33N5O2/c1-18(2)20-6-8-31(16-20)26(32)28-22-5-4-19(3)23(15-22)21-14-24(29-10-12-33-13-11-29)25-27-7-9-30(25)17-21/h4-5,7,9,14-15,17-18,20H,6,8,10-13,16H2,1-3H3,(H,28,32)/t20-/m0/s1. The number of hydrogen-bond donors (Lipinski definition) is 1. The average Bonchev–Trinajstić information content (AvgIpc) is 3.50. The molecule has 0 saturated carbocycles. The summed E-state index contributed by atoms with van der Waals surface area (Å²) in [6, 6.07) is 8.37. The van der Waals surface area contributed by atoms with Gasteiger partial charge in [-0.3, -0.25) is 0 Å². The summed E-state index contributed by atoms with van der Waals surface area (Å²) in [6.45, 7) is 11.4. The molecule has 0 unspecified atom stereocenters. The zero-order valence-corrected chi connectivity index (χ0v) is 19.8. The van der Waals surface area contributed by atoms with Gasteiger partial charge in [0.05, 0.1) is 18.9 Å². The number of morpholine rings is 1. The first kappa shape index (κ1) is 21.8. The Hall–Kier alpha value is -3.06. The van der Waals surface area contributed by atoms with Gasteiger partial charge in [-0.05, 0) is 54.5 Å². The van der Waals surface area contributed by atoms with Crippen LogP contribution in [0.1, 0.15) is 25.8 Å². The Bertz CT molecular complexity index is 1150. The van der Waals surface area contributed by atoms with E-state index in [-0.39, 0.29) is 6.03 Å². The Labute approximate surface area is 195 Å². The monoisotopic (exact) mass is 447 g/mol. The number of likely N-dealkylation sites (tertiary alicyclic amines) is 1. The second kappa shape index (κ2) is 9.06. The van der Waals surface area contributed by atoms with E-state index in [1.807, 2.05) is 23.4 Å². The van der Waals surface area contributed by atoms with E-state index in [0.717, 1.165) is 74.0 Å². The minimum absolute atomic E-state index is 0.00739. The number of urea groups is 1. The highest BCUT2D eigenvalue weighted by atomic mass is 16.5. The summed E-state index contributed by atoms with van der Waals surface area (Å²) in [5, 5.41) is 3.13. The Morgan fingerprint density at radius 1 is 1.18 bits per heavy atom. The van der Waals surface area contributed by atoms with Crippen LogP contribution in [0.2, 0.25) is 0 Å². The molecule has 7 heteroatoms. The van der Waals surface area contributed by atoms with E-state index in [9.17, 15) is 4.79 Å². The number of carbonyl (C=O) groups is 1. The van der Waals surface area contributed by atoms with Crippen molar-refractivity contribution >= 4 is 23.1 Å². The summed E-state index contributed by atoms with van der Waals surface area (Å²) in [5.41, 5.74) is 6.28. The number of nitrogens with zero attached hydrogens (tertiary/aromatic N) is 4. The number of carbonyl (C=O) groups excluding carboxylic acids is 1. The number of rotatable bonds is 4. The highest BCUT2D eigenvalue weighted by Gasteiger charge is 2.28. The van der Waals surface area contributed by atoms with Crippen LogP contribution in [0.4, 0.5) is 16.2 Å². The maximum Gasteiger partial charge on any atom is 0.321 e. The minimum atomic E-state index is -0.00739. The number of nitrogens with one attached hydrogen (secondary N) is 1. The van der Waals surface area contributed by atoms with E-state index in [0.29, 0.717) is 11.8 Å². The van der Waals surface area contributed by atoms with Gasteiger partial charge in [-0.2, -0.15) is 0 Å². The lowest BCUT2D eigenvalue weighted by atomic mass is 9.95. The molecule has 2 saturated heterocycles. The summed E-state index contributed by atoms with van der Waals surface area (Å²) in [6.07, 6.45) is 7.03. The number of hydrogen-bond acceptors (Lipinski definition) is 4. The number of imidazole rings is 1. The maximum absolute atomic E-state index is 12.9. The molecule has 0 aliphatic carbocycles. The molecule has 2 aromatic heterocycles. The summed E-state index contributed by atoms with van der Waals surface area (Å²) in [7, 11) is 0. The molecule has 2 fully saturated rings. The smallest absolute Gasteiger partial charge is 0.321 e. The van der Waals surface area contributed by atoms with Crippen molar-refractivity contribution in [2.24, 2.45) is 11.8 Å². The molecule has 5 rings (SSSR count). The third-order valence-corrected chi connectivity index (χ3v) is 7.07. The quantitative estimate of drug-likeness (QED) is 0.632. The van der Waals surface area contributed by atoms with E-state index in [1.54, 1.807) is 0 Å². The molecule has 174 valence electrons. The van der Waals surface area contributed by atoms with Crippen molar-refractivity contribution in [1.29, 1.82) is 0 Å². The van der Waals surface area contributed by atoms with Crippen molar-refractivity contribution in [2.45, 2.75) is 27.2 Å². The predicted molar refractivity (Wildman–Crippen MR) is 132 cm³/mol. The van der Waals surface area contributed by atoms with Crippen LogP contribution >= 0.6 is 0 Å². The molecular formula is C26H33N5O2. The van der Waals surface area contributed by atoms with E-state index < -0.39 is 0 Å². The molecule has 1 N–H and O–H groups in total. The van der Waals surface area contributed by atoms with Gasteiger partial charge in [0, 0.05) is 56.0 Å². The highest BCUT2D eigenvalue weighted by molar-refractivity contribution is 5.91. The second-order valence-corrected chi connectivity index (χ2v) is 9.57. The SMILES string of the molecule is Cc1ccc(NC(=O)N2CC[C@H](C(C)C)C2)cc1-c1cc(N2CCOCC2)c2nccn2c1. The fourth-order valence-electron chi connectivity index (χ4n) is 4.93. The molecule has 1 atom stereocenters. The van der Waals surface area contributed by atoms with Gasteiger partial charge in [-0.25, -0.2) is 9.78 Å². The van der Waals surface area contributed by atoms with Crippen molar-refractivity contribution in [1.82, 2.24) is 14.3 Å². The molecule has 0 spiro atoms. The number of pyridine rings is 1. The van der Waals surface area contributed by atoms with Gasteiger partial charge in [-0.1, -0.05) is 19.9 Å². The normalized spacial score (nSPS) is 19.0. The molecule has 7 nitrogen and oxygen atoms in total. The summed E-state index contributed by atoms with van der Waals surface area (Å²) >= 11 is 0. The van der Waals surface area contributed by atoms with Crippen molar-refractivity contribution in [3.63, 3.8) is 0 Å². The zero-order chi connectivity index (χ0) is 22.9. The first-order valence-corrected chi connectivity index (χ1v) is 12.0. The lowest BCUT2D eigenvalue weighted by Crippen LogP contribution is -2.36. The molecule has 0 bridgehead atoms. The van der Waals surface area contributed by atoms with Crippen molar-refractivity contribution < 1.29 is 9.53 Å². The lowest BCUT2D eigenvalue weighted by molar-refractivity contribution is 0.123. The largest absolute Gasteiger partial charge is 0.378 e. The lowest BCUT2D eigenvalue weighted by Gasteiger charge is -2.29. The summed E-state index contributed by atoms with van der Waals surface area (Å²) in [5.74, 6) is 1.19. The number of amides is 2. The van der Waals surface area contributed by atoms with E-state index in [4.69, 9.17) is 4.74 Å². The Kier molecular flexibility index (Phi) is 5.98. The first-order chi connectivity index (χ1) is 16.0. The van der Waals surface area contributed by atoms with Gasteiger partial charge >= 0.3 is 6.03 Å². The van der Waals surface area contributed by atoms with E-state index in [1.165, 1.54) is 5.56 Å². The van der Waals surface area contributed by atoms with E-state index in [2.05, 4.69) is 64.8 Å². The maximum atomic E-state index is 12.9. The van der Waals surface area contributed by atoms with Crippen LogP contribution in [0.15, 0.2) is 42.9 Å². The molecule has 2 amide bonds. The van der Waals surface area contributed by atoms with Gasteiger partial charge < -0.3 is 24.3 Å². The zero-order valence-electron chi connectivity index (χ0n) is 19.8. The third kappa shape index (κ3) is 4.42. The number of aromatic nitrogens is 2. The Balaban J connectivity index is 1.43. The first-order valence-electron chi connectivity index (χ1n) is 12.0. The molecule has 2 aliphatic rings. The molecule has 3 aromatic rings. The van der Waals surface area contributed by atoms with Gasteiger partial charge in [0.15, 0.2) is 5.65 Å². The molecular weight excluding hydrogens is 414 g/mol. The van der Waals surface area contributed by atoms with Gasteiger partial charge in [0.2, 0.25) is 0 Å². The number of aryl methyl sites for hydroxylation is 1. The molecule has 4 heterocycles. The predicted octanol–water partition coefficient (Wildman–Crippen LogP) is 4.66. The van der Waals surface area contributed by atoms with Crippen molar-refractivity contribution in [3.05, 3.63) is 48.4 Å². The highest BCUT2D eigenvalue weighted by Crippen LogP contribution is 2.32. The average molecular weight is 448 g/mol. The van der Waals surface area contributed by atoms with Crippen molar-refractivity contribution in [3.8, 4) is 11.1 Å². The fraction of sp³-hybridized carbons (Fsp3) is 0.462. The van der Waals surface area contributed by atoms with Crippen LogP contribution in [0.25, 0.3) is 16.8 Å². The summed E-state index contributed by atoms with van der Waals surface area (Å²) < 4.78 is 7.63. The van der Waals surface area contributed by atoms with Crippen LogP contribution in [-0.2, 0) is 4.74 Å². The number of benzene rings is 1. The minimum Gasteiger partial charge on any atom is -0.378 e. The van der Waals surface area contributed by atoms with Gasteiger partial charge in [0.25, 0.3) is 0 Å². The summed E-state index contributed by atoms with van der Waals surface area (Å²) in [4.78, 5) is 21.8.